The first kappa shape index (κ1) is 9.52. The van der Waals surface area contributed by atoms with Gasteiger partial charge in [-0.1, -0.05) is 0 Å². The van der Waals surface area contributed by atoms with Crippen LogP contribution in [-0.2, 0) is 6.42 Å². The van der Waals surface area contributed by atoms with Gasteiger partial charge in [0.1, 0.15) is 0 Å². The SMILES string of the molecule is CNC(=O)NC1CCCc2sccc21. The molecule has 0 spiro atoms. The Morgan fingerprint density at radius 2 is 2.50 bits per heavy atom. The van der Waals surface area contributed by atoms with Crippen LogP contribution in [0.2, 0.25) is 0 Å². The fraction of sp³-hybridized carbons (Fsp3) is 0.500. The van der Waals surface area contributed by atoms with Gasteiger partial charge in [0.2, 0.25) is 0 Å². The van der Waals surface area contributed by atoms with E-state index in [4.69, 9.17) is 0 Å². The van der Waals surface area contributed by atoms with Crippen molar-refractivity contribution in [2.24, 2.45) is 0 Å². The Morgan fingerprint density at radius 3 is 3.29 bits per heavy atom. The van der Waals surface area contributed by atoms with Gasteiger partial charge in [-0.05, 0) is 36.3 Å². The summed E-state index contributed by atoms with van der Waals surface area (Å²) in [5, 5.41) is 7.66. The summed E-state index contributed by atoms with van der Waals surface area (Å²) in [6.07, 6.45) is 3.39. The van der Waals surface area contributed by atoms with Crippen LogP contribution in [0.4, 0.5) is 4.79 Å². The van der Waals surface area contributed by atoms with E-state index in [-0.39, 0.29) is 12.1 Å². The summed E-state index contributed by atoms with van der Waals surface area (Å²) >= 11 is 1.79. The van der Waals surface area contributed by atoms with Gasteiger partial charge >= 0.3 is 6.03 Å². The Bertz CT molecular complexity index is 335. The van der Waals surface area contributed by atoms with Crippen LogP contribution in [0.15, 0.2) is 11.4 Å². The molecule has 0 aliphatic heterocycles. The molecule has 1 atom stereocenters. The van der Waals surface area contributed by atoms with E-state index in [0.29, 0.717) is 0 Å². The summed E-state index contributed by atoms with van der Waals surface area (Å²) in [5.74, 6) is 0. The summed E-state index contributed by atoms with van der Waals surface area (Å²) in [7, 11) is 1.65. The zero-order chi connectivity index (χ0) is 9.97. The number of hydrogen-bond acceptors (Lipinski definition) is 2. The lowest BCUT2D eigenvalue weighted by Gasteiger charge is -2.23. The highest BCUT2D eigenvalue weighted by Crippen LogP contribution is 2.32. The highest BCUT2D eigenvalue weighted by Gasteiger charge is 2.21. The maximum atomic E-state index is 11.2. The second kappa shape index (κ2) is 4.00. The average molecular weight is 210 g/mol. The molecule has 1 heterocycles. The van der Waals surface area contributed by atoms with Gasteiger partial charge in [0.25, 0.3) is 0 Å². The van der Waals surface area contributed by atoms with E-state index in [1.54, 1.807) is 18.4 Å². The van der Waals surface area contributed by atoms with E-state index in [2.05, 4.69) is 22.1 Å². The number of amides is 2. The number of aryl methyl sites for hydroxylation is 1. The minimum Gasteiger partial charge on any atom is -0.341 e. The van der Waals surface area contributed by atoms with Crippen LogP contribution in [0.5, 0.6) is 0 Å². The Labute approximate surface area is 87.5 Å². The topological polar surface area (TPSA) is 41.1 Å². The molecule has 1 aromatic heterocycles. The molecular weight excluding hydrogens is 196 g/mol. The van der Waals surface area contributed by atoms with Crippen molar-refractivity contribution in [3.05, 3.63) is 21.9 Å². The molecule has 14 heavy (non-hydrogen) atoms. The van der Waals surface area contributed by atoms with Crippen LogP contribution in [0, 0.1) is 0 Å². The monoisotopic (exact) mass is 210 g/mol. The number of carbonyl (C=O) groups excluding carboxylic acids is 1. The lowest BCUT2D eigenvalue weighted by molar-refractivity contribution is 0.237. The molecule has 0 saturated heterocycles. The van der Waals surface area contributed by atoms with Crippen molar-refractivity contribution in [2.45, 2.75) is 25.3 Å². The second-order valence-electron chi connectivity index (χ2n) is 3.47. The van der Waals surface area contributed by atoms with Crippen LogP contribution in [0.25, 0.3) is 0 Å². The molecule has 0 fully saturated rings. The zero-order valence-electron chi connectivity index (χ0n) is 8.17. The summed E-state index contributed by atoms with van der Waals surface area (Å²) in [5.41, 5.74) is 1.31. The lowest BCUT2D eigenvalue weighted by atomic mass is 9.94. The van der Waals surface area contributed by atoms with Gasteiger partial charge in [0.15, 0.2) is 0 Å². The summed E-state index contributed by atoms with van der Waals surface area (Å²) in [4.78, 5) is 12.6. The first-order valence-electron chi connectivity index (χ1n) is 4.86. The molecule has 1 aliphatic carbocycles. The van der Waals surface area contributed by atoms with Crippen molar-refractivity contribution in [3.8, 4) is 0 Å². The van der Waals surface area contributed by atoms with E-state index >= 15 is 0 Å². The minimum atomic E-state index is -0.0888. The van der Waals surface area contributed by atoms with Crippen molar-refractivity contribution in [1.29, 1.82) is 0 Å². The van der Waals surface area contributed by atoms with Crippen molar-refractivity contribution in [3.63, 3.8) is 0 Å². The first-order chi connectivity index (χ1) is 6.81. The van der Waals surface area contributed by atoms with Crippen LogP contribution in [-0.4, -0.2) is 13.1 Å². The van der Waals surface area contributed by atoms with E-state index < -0.39 is 0 Å². The predicted molar refractivity (Wildman–Crippen MR) is 57.6 cm³/mol. The largest absolute Gasteiger partial charge is 0.341 e. The molecule has 1 aromatic rings. The van der Waals surface area contributed by atoms with Gasteiger partial charge in [-0.2, -0.15) is 0 Å². The van der Waals surface area contributed by atoms with Crippen LogP contribution in [0.1, 0.15) is 29.3 Å². The molecule has 2 N–H and O–H groups in total. The van der Waals surface area contributed by atoms with E-state index in [1.165, 1.54) is 23.3 Å². The fourth-order valence-electron chi connectivity index (χ4n) is 1.87. The summed E-state index contributed by atoms with van der Waals surface area (Å²) in [6, 6.07) is 2.25. The molecule has 1 aliphatic rings. The molecular formula is C10H14N2OS. The minimum absolute atomic E-state index is 0.0888. The number of carbonyl (C=O) groups is 1. The quantitative estimate of drug-likeness (QED) is 0.732. The Balaban J connectivity index is 2.12. The van der Waals surface area contributed by atoms with Crippen LogP contribution >= 0.6 is 11.3 Å². The third kappa shape index (κ3) is 1.75. The van der Waals surface area contributed by atoms with E-state index in [1.807, 2.05) is 0 Å². The molecule has 2 amide bonds. The van der Waals surface area contributed by atoms with Crippen LogP contribution < -0.4 is 10.6 Å². The first-order valence-corrected chi connectivity index (χ1v) is 5.73. The molecule has 0 radical (unpaired) electrons. The number of thiophene rings is 1. The fourth-order valence-corrected chi connectivity index (χ4v) is 2.85. The summed E-state index contributed by atoms with van der Waals surface area (Å²) < 4.78 is 0. The summed E-state index contributed by atoms with van der Waals surface area (Å²) in [6.45, 7) is 0. The van der Waals surface area contributed by atoms with Gasteiger partial charge in [0.05, 0.1) is 6.04 Å². The Hall–Kier alpha value is -1.03. The highest BCUT2D eigenvalue weighted by molar-refractivity contribution is 7.10. The van der Waals surface area contributed by atoms with Gasteiger partial charge in [-0.3, -0.25) is 0 Å². The molecule has 1 unspecified atom stereocenters. The van der Waals surface area contributed by atoms with E-state index in [9.17, 15) is 4.79 Å². The van der Waals surface area contributed by atoms with Gasteiger partial charge in [0, 0.05) is 11.9 Å². The van der Waals surface area contributed by atoms with Crippen molar-refractivity contribution in [1.82, 2.24) is 10.6 Å². The Morgan fingerprint density at radius 1 is 1.64 bits per heavy atom. The number of urea groups is 1. The van der Waals surface area contributed by atoms with Gasteiger partial charge in [-0.15, -0.1) is 11.3 Å². The third-order valence-corrected chi connectivity index (χ3v) is 3.58. The van der Waals surface area contributed by atoms with Crippen molar-refractivity contribution in [2.75, 3.05) is 7.05 Å². The zero-order valence-corrected chi connectivity index (χ0v) is 8.99. The van der Waals surface area contributed by atoms with Gasteiger partial charge in [-0.25, -0.2) is 4.79 Å². The molecule has 0 aromatic carbocycles. The normalized spacial score (nSPS) is 19.9. The lowest BCUT2D eigenvalue weighted by Crippen LogP contribution is -2.36. The molecule has 0 bridgehead atoms. The van der Waals surface area contributed by atoms with Gasteiger partial charge < -0.3 is 10.6 Å². The molecule has 76 valence electrons. The molecule has 3 nitrogen and oxygen atoms in total. The van der Waals surface area contributed by atoms with E-state index in [0.717, 1.165) is 6.42 Å². The number of hydrogen-bond donors (Lipinski definition) is 2. The number of rotatable bonds is 1. The Kier molecular flexibility index (Phi) is 2.72. The molecule has 2 rings (SSSR count). The van der Waals surface area contributed by atoms with Crippen molar-refractivity contribution >= 4 is 17.4 Å². The number of fused-ring (bicyclic) bond motifs is 1. The van der Waals surface area contributed by atoms with Crippen LogP contribution in [0.3, 0.4) is 0 Å². The maximum absolute atomic E-state index is 11.2. The molecule has 0 saturated carbocycles. The third-order valence-electron chi connectivity index (χ3n) is 2.58. The highest BCUT2D eigenvalue weighted by atomic mass is 32.1. The second-order valence-corrected chi connectivity index (χ2v) is 4.47. The molecule has 4 heteroatoms. The standard InChI is InChI=1S/C10H14N2OS/c1-11-10(13)12-8-3-2-4-9-7(8)5-6-14-9/h5-6,8H,2-4H2,1H3,(H2,11,12,13). The number of nitrogens with one attached hydrogen (secondary N) is 2. The van der Waals surface area contributed by atoms with Crippen molar-refractivity contribution < 1.29 is 4.79 Å². The predicted octanol–water partition coefficient (Wildman–Crippen LogP) is 2.05. The average Bonchev–Trinajstić information content (AvgIpc) is 2.66. The maximum Gasteiger partial charge on any atom is 0.315 e. The smallest absolute Gasteiger partial charge is 0.315 e.